The lowest BCUT2D eigenvalue weighted by molar-refractivity contribution is 0.748. The number of rotatable bonds is 4. The van der Waals surface area contributed by atoms with Gasteiger partial charge in [0.05, 0.1) is 18.3 Å². The predicted octanol–water partition coefficient (Wildman–Crippen LogP) is 4.01. The third-order valence-corrected chi connectivity index (χ3v) is 3.43. The number of nitrogens with one attached hydrogen (secondary N) is 1. The summed E-state index contributed by atoms with van der Waals surface area (Å²) in [5.41, 5.74) is 5.87. The molecule has 3 nitrogen and oxygen atoms in total. The summed E-state index contributed by atoms with van der Waals surface area (Å²) >= 11 is 6.17. The number of pyridine rings is 1. The number of nitrogens with zero attached hydrogens (tertiary/aromatic N) is 2. The van der Waals surface area contributed by atoms with Crippen molar-refractivity contribution in [2.24, 2.45) is 5.10 Å². The third kappa shape index (κ3) is 3.38. The van der Waals surface area contributed by atoms with Crippen LogP contribution in [-0.4, -0.2) is 11.2 Å². The molecule has 4 heteroatoms. The molecule has 1 N–H and O–H groups in total. The molecule has 0 saturated carbocycles. The normalized spacial score (nSPS) is 11.1. The van der Waals surface area contributed by atoms with E-state index in [-0.39, 0.29) is 0 Å². The Balaban J connectivity index is 1.72. The quantitative estimate of drug-likeness (QED) is 0.448. The van der Waals surface area contributed by atoms with Gasteiger partial charge in [-0.25, -0.2) is 4.98 Å². The summed E-state index contributed by atoms with van der Waals surface area (Å²) in [6, 6.07) is 20.0. The van der Waals surface area contributed by atoms with Crippen LogP contribution in [0.2, 0.25) is 5.15 Å². The van der Waals surface area contributed by atoms with E-state index >= 15 is 0 Å². The molecular formula is C17H14ClN3. The zero-order valence-corrected chi connectivity index (χ0v) is 12.1. The molecule has 104 valence electrons. The maximum atomic E-state index is 6.17. The van der Waals surface area contributed by atoms with Crippen molar-refractivity contribution in [2.45, 2.75) is 6.54 Å². The maximum absolute atomic E-state index is 6.17. The number of benzene rings is 2. The van der Waals surface area contributed by atoms with Crippen LogP contribution < -0.4 is 5.43 Å². The van der Waals surface area contributed by atoms with Crippen LogP contribution in [0.3, 0.4) is 0 Å². The van der Waals surface area contributed by atoms with Gasteiger partial charge in [-0.1, -0.05) is 60.1 Å². The minimum atomic E-state index is 0.457. The minimum absolute atomic E-state index is 0.457. The van der Waals surface area contributed by atoms with Crippen LogP contribution >= 0.6 is 11.6 Å². The second kappa shape index (κ2) is 6.37. The molecular weight excluding hydrogens is 282 g/mol. The molecule has 0 aliphatic rings. The monoisotopic (exact) mass is 295 g/mol. The molecule has 0 amide bonds. The van der Waals surface area contributed by atoms with Crippen LogP contribution in [0.5, 0.6) is 0 Å². The lowest BCUT2D eigenvalue weighted by Crippen LogP contribution is -2.05. The van der Waals surface area contributed by atoms with Crippen molar-refractivity contribution in [1.29, 1.82) is 0 Å². The number of aromatic nitrogens is 1. The van der Waals surface area contributed by atoms with Crippen LogP contribution in [0.1, 0.15) is 11.1 Å². The number of halogens is 1. The van der Waals surface area contributed by atoms with Crippen molar-refractivity contribution in [3.8, 4) is 0 Å². The Bertz CT molecular complexity index is 769. The lowest BCUT2D eigenvalue weighted by atomic mass is 10.2. The highest BCUT2D eigenvalue weighted by molar-refractivity contribution is 6.32. The summed E-state index contributed by atoms with van der Waals surface area (Å²) in [5, 5.41) is 5.71. The second-order valence-electron chi connectivity index (χ2n) is 4.64. The van der Waals surface area contributed by atoms with Gasteiger partial charge in [0.1, 0.15) is 5.15 Å². The van der Waals surface area contributed by atoms with E-state index in [4.69, 9.17) is 11.6 Å². The Kier molecular flexibility index (Phi) is 4.12. The first-order valence-electron chi connectivity index (χ1n) is 6.68. The highest BCUT2D eigenvalue weighted by atomic mass is 35.5. The van der Waals surface area contributed by atoms with E-state index in [1.54, 1.807) is 6.21 Å². The first kappa shape index (κ1) is 13.6. The molecule has 0 unspecified atom stereocenters. The van der Waals surface area contributed by atoms with E-state index in [9.17, 15) is 0 Å². The summed E-state index contributed by atoms with van der Waals surface area (Å²) in [4.78, 5) is 4.36. The predicted molar refractivity (Wildman–Crippen MR) is 87.6 cm³/mol. The third-order valence-electron chi connectivity index (χ3n) is 3.13. The molecule has 0 bridgehead atoms. The zero-order chi connectivity index (χ0) is 14.5. The van der Waals surface area contributed by atoms with Crippen molar-refractivity contribution in [3.63, 3.8) is 0 Å². The van der Waals surface area contributed by atoms with E-state index in [1.807, 2.05) is 60.7 Å². The number of hydrogen-bond donors (Lipinski definition) is 1. The van der Waals surface area contributed by atoms with Crippen molar-refractivity contribution in [1.82, 2.24) is 10.4 Å². The topological polar surface area (TPSA) is 37.3 Å². The minimum Gasteiger partial charge on any atom is -0.306 e. The van der Waals surface area contributed by atoms with Gasteiger partial charge in [-0.05, 0) is 17.7 Å². The standard InChI is InChI=1S/C17H14ClN3/c18-17-15(10-14-8-4-5-9-16(14)21-17)12-20-19-11-13-6-2-1-3-7-13/h1-10,12,19H,11H2. The Hall–Kier alpha value is -2.39. The molecule has 0 radical (unpaired) electrons. The van der Waals surface area contributed by atoms with E-state index in [1.165, 1.54) is 5.56 Å². The Morgan fingerprint density at radius 2 is 1.81 bits per heavy atom. The lowest BCUT2D eigenvalue weighted by Gasteiger charge is -2.02. The van der Waals surface area contributed by atoms with E-state index < -0.39 is 0 Å². The van der Waals surface area contributed by atoms with Crippen molar-refractivity contribution < 1.29 is 0 Å². The number of hydrazone groups is 1. The van der Waals surface area contributed by atoms with Gasteiger partial charge in [-0.2, -0.15) is 5.10 Å². The highest BCUT2D eigenvalue weighted by Gasteiger charge is 2.02. The molecule has 0 saturated heterocycles. The fraction of sp³-hybridized carbons (Fsp3) is 0.0588. The van der Waals surface area contributed by atoms with Crippen LogP contribution in [-0.2, 0) is 6.54 Å². The highest BCUT2D eigenvalue weighted by Crippen LogP contribution is 2.18. The summed E-state index contributed by atoms with van der Waals surface area (Å²) in [5.74, 6) is 0. The van der Waals surface area contributed by atoms with Gasteiger partial charge in [0.15, 0.2) is 0 Å². The van der Waals surface area contributed by atoms with Crippen molar-refractivity contribution >= 4 is 28.7 Å². The molecule has 0 atom stereocenters. The van der Waals surface area contributed by atoms with Crippen molar-refractivity contribution in [2.75, 3.05) is 0 Å². The number of para-hydroxylation sites is 1. The maximum Gasteiger partial charge on any atom is 0.138 e. The first-order chi connectivity index (χ1) is 10.3. The van der Waals surface area contributed by atoms with Crippen LogP contribution in [0.25, 0.3) is 10.9 Å². The molecule has 2 aromatic carbocycles. The zero-order valence-electron chi connectivity index (χ0n) is 11.3. The van der Waals surface area contributed by atoms with Gasteiger partial charge >= 0.3 is 0 Å². The average Bonchev–Trinajstić information content (AvgIpc) is 2.53. The van der Waals surface area contributed by atoms with Crippen LogP contribution in [0, 0.1) is 0 Å². The fourth-order valence-corrected chi connectivity index (χ4v) is 2.24. The van der Waals surface area contributed by atoms with Crippen LogP contribution in [0.15, 0.2) is 65.8 Å². The van der Waals surface area contributed by atoms with Gasteiger partial charge in [-0.3, -0.25) is 0 Å². The number of fused-ring (bicyclic) bond motifs is 1. The van der Waals surface area contributed by atoms with Gasteiger partial charge in [-0.15, -0.1) is 0 Å². The van der Waals surface area contributed by atoms with Gasteiger partial charge in [0.25, 0.3) is 0 Å². The molecule has 0 fully saturated rings. The average molecular weight is 296 g/mol. The van der Waals surface area contributed by atoms with Gasteiger partial charge < -0.3 is 5.43 Å². The van der Waals surface area contributed by atoms with E-state index in [2.05, 4.69) is 15.5 Å². The molecule has 21 heavy (non-hydrogen) atoms. The summed E-state index contributed by atoms with van der Waals surface area (Å²) in [7, 11) is 0. The molecule has 0 aliphatic carbocycles. The second-order valence-corrected chi connectivity index (χ2v) is 5.00. The molecule has 0 aliphatic heterocycles. The molecule has 3 rings (SSSR count). The molecule has 1 heterocycles. The summed E-state index contributed by atoms with van der Waals surface area (Å²) in [6.45, 7) is 0.677. The molecule has 0 spiro atoms. The summed E-state index contributed by atoms with van der Waals surface area (Å²) < 4.78 is 0. The number of hydrogen-bond acceptors (Lipinski definition) is 3. The van der Waals surface area contributed by atoms with E-state index in [0.29, 0.717) is 11.7 Å². The summed E-state index contributed by atoms with van der Waals surface area (Å²) in [6.07, 6.45) is 1.70. The Morgan fingerprint density at radius 3 is 2.67 bits per heavy atom. The van der Waals surface area contributed by atoms with Crippen LogP contribution in [0.4, 0.5) is 0 Å². The first-order valence-corrected chi connectivity index (χ1v) is 7.06. The van der Waals surface area contributed by atoms with Gasteiger partial charge in [0.2, 0.25) is 0 Å². The van der Waals surface area contributed by atoms with Gasteiger partial charge in [0, 0.05) is 10.9 Å². The smallest absolute Gasteiger partial charge is 0.138 e. The SMILES string of the molecule is Clc1nc2ccccc2cc1C=NNCc1ccccc1. The fourth-order valence-electron chi connectivity index (χ4n) is 2.05. The largest absolute Gasteiger partial charge is 0.306 e. The van der Waals surface area contributed by atoms with E-state index in [0.717, 1.165) is 16.5 Å². The molecule has 3 aromatic rings. The Morgan fingerprint density at radius 1 is 1.05 bits per heavy atom. The molecule has 1 aromatic heterocycles. The van der Waals surface area contributed by atoms with Crippen molar-refractivity contribution in [3.05, 3.63) is 76.9 Å². The Labute approximate surface area is 128 Å².